The lowest BCUT2D eigenvalue weighted by Crippen LogP contribution is -2.40. The third-order valence-corrected chi connectivity index (χ3v) is 5.33. The zero-order valence-corrected chi connectivity index (χ0v) is 17.8. The number of likely N-dealkylation sites (tertiary alicyclic amines) is 1. The van der Waals surface area contributed by atoms with Crippen LogP contribution in [0.2, 0.25) is 0 Å². The molecule has 1 aromatic heterocycles. The van der Waals surface area contributed by atoms with Crippen LogP contribution in [-0.4, -0.2) is 55.2 Å². The number of aryl methyl sites for hydroxylation is 2. The van der Waals surface area contributed by atoms with Gasteiger partial charge in [0.1, 0.15) is 17.1 Å². The van der Waals surface area contributed by atoms with Crippen molar-refractivity contribution in [3.63, 3.8) is 0 Å². The molecule has 1 aliphatic heterocycles. The van der Waals surface area contributed by atoms with Gasteiger partial charge >= 0.3 is 0 Å². The Hall–Kier alpha value is -1.53. The Morgan fingerprint density at radius 3 is 2.63 bits per heavy atom. The predicted octanol–water partition coefficient (Wildman–Crippen LogP) is 2.78. The van der Waals surface area contributed by atoms with Crippen LogP contribution >= 0.6 is 0 Å². The van der Waals surface area contributed by atoms with Crippen LogP contribution < -0.4 is 10.6 Å². The Kier molecular flexibility index (Phi) is 8.17. The van der Waals surface area contributed by atoms with Gasteiger partial charge in [-0.2, -0.15) is 0 Å². The van der Waals surface area contributed by atoms with Crippen LogP contribution in [-0.2, 0) is 5.60 Å². The van der Waals surface area contributed by atoms with Gasteiger partial charge < -0.3 is 25.1 Å². The maximum absolute atomic E-state index is 10.8. The van der Waals surface area contributed by atoms with Crippen molar-refractivity contribution >= 4 is 5.96 Å². The van der Waals surface area contributed by atoms with Crippen molar-refractivity contribution in [2.24, 2.45) is 10.9 Å². The molecule has 0 saturated carbocycles. The van der Waals surface area contributed by atoms with Crippen molar-refractivity contribution in [1.29, 1.82) is 0 Å². The Morgan fingerprint density at radius 2 is 2.04 bits per heavy atom. The largest absolute Gasteiger partial charge is 0.466 e. The lowest BCUT2D eigenvalue weighted by molar-refractivity contribution is 0.0657. The average molecular weight is 379 g/mol. The SMILES string of the molecule is CCNC(=NCC(C)(O)c1cc(C)oc1C)NCCCN1CCC(C)CC1. The molecule has 6 nitrogen and oxygen atoms in total. The van der Waals surface area contributed by atoms with E-state index in [0.29, 0.717) is 0 Å². The molecule has 27 heavy (non-hydrogen) atoms. The van der Waals surface area contributed by atoms with Gasteiger partial charge in [0.15, 0.2) is 5.96 Å². The summed E-state index contributed by atoms with van der Waals surface area (Å²) >= 11 is 0. The Labute approximate surface area is 164 Å². The first-order chi connectivity index (χ1) is 12.8. The van der Waals surface area contributed by atoms with Crippen molar-refractivity contribution < 1.29 is 9.52 Å². The zero-order chi connectivity index (χ0) is 19.9. The minimum atomic E-state index is -1.05. The summed E-state index contributed by atoms with van der Waals surface area (Å²) in [7, 11) is 0. The van der Waals surface area contributed by atoms with Crippen molar-refractivity contribution in [2.75, 3.05) is 39.3 Å². The summed E-state index contributed by atoms with van der Waals surface area (Å²) in [4.78, 5) is 7.15. The molecule has 0 amide bonds. The van der Waals surface area contributed by atoms with Gasteiger partial charge in [-0.1, -0.05) is 6.92 Å². The first kappa shape index (κ1) is 21.8. The van der Waals surface area contributed by atoms with Crippen molar-refractivity contribution in [3.05, 3.63) is 23.2 Å². The van der Waals surface area contributed by atoms with Crippen molar-refractivity contribution in [3.8, 4) is 0 Å². The van der Waals surface area contributed by atoms with E-state index in [1.54, 1.807) is 6.92 Å². The van der Waals surface area contributed by atoms with Crippen LogP contribution in [0.5, 0.6) is 0 Å². The monoisotopic (exact) mass is 378 g/mol. The van der Waals surface area contributed by atoms with E-state index < -0.39 is 5.60 Å². The van der Waals surface area contributed by atoms with E-state index in [1.165, 1.54) is 25.9 Å². The molecular formula is C21H38N4O2. The number of furan rings is 1. The summed E-state index contributed by atoms with van der Waals surface area (Å²) in [5.41, 5.74) is -0.242. The van der Waals surface area contributed by atoms with E-state index >= 15 is 0 Å². The molecular weight excluding hydrogens is 340 g/mol. The second kappa shape index (κ2) is 10.1. The molecule has 6 heteroatoms. The summed E-state index contributed by atoms with van der Waals surface area (Å²) in [5.74, 6) is 3.19. The quantitative estimate of drug-likeness (QED) is 0.369. The predicted molar refractivity (Wildman–Crippen MR) is 111 cm³/mol. The van der Waals surface area contributed by atoms with Gasteiger partial charge in [0.2, 0.25) is 0 Å². The summed E-state index contributed by atoms with van der Waals surface area (Å²) in [6.45, 7) is 15.5. The molecule has 1 unspecified atom stereocenters. The van der Waals surface area contributed by atoms with Crippen molar-refractivity contribution in [2.45, 2.75) is 59.5 Å². The number of nitrogens with one attached hydrogen (secondary N) is 2. The van der Waals surface area contributed by atoms with Crippen LogP contribution in [0, 0.1) is 19.8 Å². The van der Waals surface area contributed by atoms with Gasteiger partial charge in [0, 0.05) is 18.7 Å². The number of aliphatic hydroxyl groups is 1. The highest BCUT2D eigenvalue weighted by Crippen LogP contribution is 2.27. The lowest BCUT2D eigenvalue weighted by atomic mass is 9.96. The first-order valence-corrected chi connectivity index (χ1v) is 10.4. The maximum atomic E-state index is 10.8. The summed E-state index contributed by atoms with van der Waals surface area (Å²) in [6, 6.07) is 1.89. The van der Waals surface area contributed by atoms with E-state index in [1.807, 2.05) is 26.8 Å². The third kappa shape index (κ3) is 6.85. The number of nitrogens with zero attached hydrogens (tertiary/aromatic N) is 2. The average Bonchev–Trinajstić information content (AvgIpc) is 2.97. The van der Waals surface area contributed by atoms with Gasteiger partial charge in [-0.05, 0) is 78.6 Å². The minimum absolute atomic E-state index is 0.284. The maximum Gasteiger partial charge on any atom is 0.191 e. The number of piperidine rings is 1. The van der Waals surface area contributed by atoms with Crippen molar-refractivity contribution in [1.82, 2.24) is 15.5 Å². The van der Waals surface area contributed by atoms with Gasteiger partial charge in [-0.25, -0.2) is 4.99 Å². The van der Waals surface area contributed by atoms with Gasteiger partial charge in [-0.15, -0.1) is 0 Å². The van der Waals surface area contributed by atoms with Crippen LogP contribution in [0.1, 0.15) is 57.1 Å². The summed E-state index contributed by atoms with van der Waals surface area (Å²) < 4.78 is 5.55. The molecule has 2 heterocycles. The fourth-order valence-electron chi connectivity index (χ4n) is 3.62. The number of hydrogen-bond acceptors (Lipinski definition) is 4. The Morgan fingerprint density at radius 1 is 1.33 bits per heavy atom. The van der Waals surface area contributed by atoms with E-state index in [-0.39, 0.29) is 6.54 Å². The molecule has 2 rings (SSSR count). The normalized spacial score (nSPS) is 19.1. The van der Waals surface area contributed by atoms with Crippen LogP contribution in [0.15, 0.2) is 15.5 Å². The molecule has 0 radical (unpaired) electrons. The van der Waals surface area contributed by atoms with Gasteiger partial charge in [-0.3, -0.25) is 0 Å². The molecule has 1 aliphatic rings. The van der Waals surface area contributed by atoms with E-state index in [9.17, 15) is 5.11 Å². The Balaban J connectivity index is 1.81. The van der Waals surface area contributed by atoms with Crippen LogP contribution in [0.25, 0.3) is 0 Å². The van der Waals surface area contributed by atoms with Gasteiger partial charge in [0.05, 0.1) is 6.54 Å². The molecule has 1 fully saturated rings. The highest BCUT2D eigenvalue weighted by molar-refractivity contribution is 5.79. The molecule has 1 saturated heterocycles. The molecule has 3 N–H and O–H groups in total. The third-order valence-electron chi connectivity index (χ3n) is 5.33. The fourth-order valence-corrected chi connectivity index (χ4v) is 3.62. The van der Waals surface area contributed by atoms with Crippen LogP contribution in [0.3, 0.4) is 0 Å². The molecule has 154 valence electrons. The number of rotatable bonds is 8. The zero-order valence-electron chi connectivity index (χ0n) is 17.8. The van der Waals surface area contributed by atoms with E-state index in [2.05, 4.69) is 27.4 Å². The van der Waals surface area contributed by atoms with Crippen LogP contribution in [0.4, 0.5) is 0 Å². The standard InChI is InChI=1S/C21H38N4O2/c1-6-22-20(23-10-7-11-25-12-8-16(2)9-13-25)24-15-21(5,26)19-14-17(3)27-18(19)4/h14,16,26H,6-13,15H2,1-5H3,(H2,22,23,24). The molecule has 0 aliphatic carbocycles. The molecule has 0 bridgehead atoms. The second-order valence-electron chi connectivity index (χ2n) is 8.10. The van der Waals surface area contributed by atoms with Gasteiger partial charge in [0.25, 0.3) is 0 Å². The minimum Gasteiger partial charge on any atom is -0.466 e. The summed E-state index contributed by atoms with van der Waals surface area (Å²) in [6.07, 6.45) is 3.73. The molecule has 0 spiro atoms. The van der Waals surface area contributed by atoms with E-state index in [4.69, 9.17) is 4.42 Å². The Bertz CT molecular complexity index is 601. The lowest BCUT2D eigenvalue weighted by Gasteiger charge is -2.30. The molecule has 1 atom stereocenters. The number of guanidine groups is 1. The molecule has 0 aromatic carbocycles. The highest BCUT2D eigenvalue weighted by atomic mass is 16.3. The number of aliphatic imine (C=N–C) groups is 1. The highest BCUT2D eigenvalue weighted by Gasteiger charge is 2.27. The fraction of sp³-hybridized carbons (Fsp3) is 0.762. The topological polar surface area (TPSA) is 73.0 Å². The first-order valence-electron chi connectivity index (χ1n) is 10.4. The second-order valence-corrected chi connectivity index (χ2v) is 8.10. The number of hydrogen-bond donors (Lipinski definition) is 3. The molecule has 1 aromatic rings. The summed E-state index contributed by atoms with van der Waals surface area (Å²) in [5, 5.41) is 17.5. The van der Waals surface area contributed by atoms with E-state index in [0.717, 1.165) is 55.0 Å². The smallest absolute Gasteiger partial charge is 0.191 e.